The van der Waals surface area contributed by atoms with E-state index in [9.17, 15) is 0 Å². The number of likely N-dealkylation sites (N-methyl/N-ethyl adjacent to an activating group) is 1. The lowest BCUT2D eigenvalue weighted by atomic mass is 10.0. The summed E-state index contributed by atoms with van der Waals surface area (Å²) in [6.07, 6.45) is 1.83. The van der Waals surface area contributed by atoms with Gasteiger partial charge in [0.2, 0.25) is 0 Å². The van der Waals surface area contributed by atoms with E-state index in [0.29, 0.717) is 12.0 Å². The van der Waals surface area contributed by atoms with Crippen molar-refractivity contribution in [3.05, 3.63) is 24.9 Å². The van der Waals surface area contributed by atoms with Crippen molar-refractivity contribution in [2.45, 2.75) is 19.9 Å². The fraction of sp³-hybridized carbons (Fsp3) is 0.600. The molecule has 0 saturated carbocycles. The molecule has 2 heteroatoms. The Hall–Kier alpha value is -0.760. The highest BCUT2D eigenvalue weighted by Gasteiger charge is 2.13. The molecule has 0 aromatic carbocycles. The van der Waals surface area contributed by atoms with Crippen LogP contribution in [0.15, 0.2) is 24.9 Å². The van der Waals surface area contributed by atoms with Crippen LogP contribution < -0.4 is 10.6 Å². The summed E-state index contributed by atoms with van der Waals surface area (Å²) in [6.45, 7) is 12.7. The molecule has 0 bridgehead atoms. The van der Waals surface area contributed by atoms with Crippen LogP contribution in [0.5, 0.6) is 0 Å². The van der Waals surface area contributed by atoms with E-state index in [1.54, 1.807) is 0 Å². The van der Waals surface area contributed by atoms with Crippen LogP contribution in [0.3, 0.4) is 0 Å². The van der Waals surface area contributed by atoms with Crippen LogP contribution in [0.25, 0.3) is 0 Å². The van der Waals surface area contributed by atoms with Gasteiger partial charge in [0.05, 0.1) is 0 Å². The first-order chi connectivity index (χ1) is 5.63. The quantitative estimate of drug-likeness (QED) is 0.588. The predicted octanol–water partition coefficient (Wildman–Crippen LogP) is 1.52. The summed E-state index contributed by atoms with van der Waals surface area (Å²) in [5.74, 6) is 0.555. The van der Waals surface area contributed by atoms with Gasteiger partial charge in [-0.2, -0.15) is 0 Å². The number of hydrogen-bond acceptors (Lipinski definition) is 2. The summed E-state index contributed by atoms with van der Waals surface area (Å²) in [7, 11) is 1.95. The molecule has 0 radical (unpaired) electrons. The van der Waals surface area contributed by atoms with E-state index in [0.717, 1.165) is 12.2 Å². The molecule has 0 fully saturated rings. The normalized spacial score (nSPS) is 12.7. The van der Waals surface area contributed by atoms with Crippen molar-refractivity contribution in [3.63, 3.8) is 0 Å². The number of rotatable bonds is 6. The molecule has 0 aliphatic heterocycles. The number of hydrogen-bond donors (Lipinski definition) is 2. The molecule has 0 saturated heterocycles. The lowest BCUT2D eigenvalue weighted by Crippen LogP contribution is -2.37. The molecule has 2 nitrogen and oxygen atoms in total. The van der Waals surface area contributed by atoms with Crippen LogP contribution in [-0.2, 0) is 0 Å². The van der Waals surface area contributed by atoms with E-state index in [1.165, 1.54) is 0 Å². The minimum absolute atomic E-state index is 0.338. The Bertz CT molecular complexity index is 150. The molecular formula is C10H20N2. The molecule has 0 rings (SSSR count). The van der Waals surface area contributed by atoms with Gasteiger partial charge in [0, 0.05) is 18.3 Å². The zero-order valence-electron chi connectivity index (χ0n) is 8.35. The lowest BCUT2D eigenvalue weighted by Gasteiger charge is -2.23. The zero-order valence-corrected chi connectivity index (χ0v) is 8.35. The third-order valence-corrected chi connectivity index (χ3v) is 1.83. The Morgan fingerprint density at radius 3 is 2.42 bits per heavy atom. The minimum atomic E-state index is 0.338. The molecule has 0 aromatic rings. The van der Waals surface area contributed by atoms with E-state index in [1.807, 2.05) is 13.1 Å². The molecular weight excluding hydrogens is 148 g/mol. The van der Waals surface area contributed by atoms with Crippen LogP contribution >= 0.6 is 0 Å². The Morgan fingerprint density at radius 2 is 2.08 bits per heavy atom. The van der Waals surface area contributed by atoms with Gasteiger partial charge >= 0.3 is 0 Å². The Labute approximate surface area is 75.7 Å². The largest absolute Gasteiger partial charge is 0.384 e. The van der Waals surface area contributed by atoms with Crippen molar-refractivity contribution in [2.75, 3.05) is 13.6 Å². The summed E-state index contributed by atoms with van der Waals surface area (Å²) in [5.41, 5.74) is 1.03. The van der Waals surface area contributed by atoms with E-state index < -0.39 is 0 Å². The summed E-state index contributed by atoms with van der Waals surface area (Å²) in [6, 6.07) is 0.338. The second kappa shape index (κ2) is 5.84. The second-order valence-corrected chi connectivity index (χ2v) is 3.21. The first-order valence-electron chi connectivity index (χ1n) is 4.34. The smallest absolute Gasteiger partial charge is 0.0484 e. The van der Waals surface area contributed by atoms with Crippen molar-refractivity contribution in [1.29, 1.82) is 0 Å². The first kappa shape index (κ1) is 11.2. The van der Waals surface area contributed by atoms with Crippen molar-refractivity contribution in [3.8, 4) is 0 Å². The van der Waals surface area contributed by atoms with E-state index in [2.05, 4.69) is 37.6 Å². The highest BCUT2D eigenvalue weighted by Crippen LogP contribution is 2.06. The van der Waals surface area contributed by atoms with Gasteiger partial charge in [-0.15, -0.1) is 6.58 Å². The molecule has 0 amide bonds. The van der Waals surface area contributed by atoms with Gasteiger partial charge in [-0.1, -0.05) is 26.5 Å². The third kappa shape index (κ3) is 3.58. The molecule has 1 atom stereocenters. The van der Waals surface area contributed by atoms with E-state index in [4.69, 9.17) is 0 Å². The highest BCUT2D eigenvalue weighted by molar-refractivity contribution is 5.05. The predicted molar refractivity (Wildman–Crippen MR) is 55.0 cm³/mol. The van der Waals surface area contributed by atoms with Crippen molar-refractivity contribution in [1.82, 2.24) is 10.6 Å². The minimum Gasteiger partial charge on any atom is -0.384 e. The average molecular weight is 168 g/mol. The molecule has 1 unspecified atom stereocenters. The maximum absolute atomic E-state index is 3.96. The average Bonchev–Trinajstić information content (AvgIpc) is 2.01. The van der Waals surface area contributed by atoms with E-state index >= 15 is 0 Å². The summed E-state index contributed by atoms with van der Waals surface area (Å²) in [4.78, 5) is 0. The lowest BCUT2D eigenvalue weighted by molar-refractivity contribution is 0.460. The van der Waals surface area contributed by atoms with Gasteiger partial charge in [0.1, 0.15) is 0 Å². The Kier molecular flexibility index (Phi) is 5.47. The van der Waals surface area contributed by atoms with Crippen LogP contribution in [-0.4, -0.2) is 19.6 Å². The maximum Gasteiger partial charge on any atom is 0.0484 e. The highest BCUT2D eigenvalue weighted by atomic mass is 15.0. The van der Waals surface area contributed by atoms with E-state index in [-0.39, 0.29) is 0 Å². The molecule has 70 valence electrons. The van der Waals surface area contributed by atoms with Gasteiger partial charge < -0.3 is 10.6 Å². The molecule has 12 heavy (non-hydrogen) atoms. The van der Waals surface area contributed by atoms with Crippen LogP contribution in [0.2, 0.25) is 0 Å². The third-order valence-electron chi connectivity index (χ3n) is 1.83. The Morgan fingerprint density at radius 1 is 1.50 bits per heavy atom. The van der Waals surface area contributed by atoms with Crippen molar-refractivity contribution >= 4 is 0 Å². The second-order valence-electron chi connectivity index (χ2n) is 3.21. The summed E-state index contributed by atoms with van der Waals surface area (Å²) < 4.78 is 0. The van der Waals surface area contributed by atoms with Crippen LogP contribution in [0.1, 0.15) is 13.8 Å². The van der Waals surface area contributed by atoms with Gasteiger partial charge in [-0.3, -0.25) is 0 Å². The monoisotopic (exact) mass is 168 g/mol. The van der Waals surface area contributed by atoms with Gasteiger partial charge in [-0.25, -0.2) is 0 Å². The zero-order chi connectivity index (χ0) is 9.56. The van der Waals surface area contributed by atoms with Crippen LogP contribution in [0, 0.1) is 5.92 Å². The molecule has 0 heterocycles. The maximum atomic E-state index is 3.96. The molecule has 0 aliphatic rings. The fourth-order valence-electron chi connectivity index (χ4n) is 1.22. The van der Waals surface area contributed by atoms with Crippen LogP contribution in [0.4, 0.5) is 0 Å². The molecule has 0 spiro atoms. The van der Waals surface area contributed by atoms with Gasteiger partial charge in [0.25, 0.3) is 0 Å². The summed E-state index contributed by atoms with van der Waals surface area (Å²) >= 11 is 0. The fourth-order valence-corrected chi connectivity index (χ4v) is 1.22. The summed E-state index contributed by atoms with van der Waals surface area (Å²) in [5, 5.41) is 6.40. The van der Waals surface area contributed by atoms with Crippen molar-refractivity contribution in [2.24, 2.45) is 5.92 Å². The van der Waals surface area contributed by atoms with Crippen molar-refractivity contribution < 1.29 is 0 Å². The topological polar surface area (TPSA) is 24.1 Å². The molecule has 0 aromatic heterocycles. The Balaban J connectivity index is 3.94. The van der Waals surface area contributed by atoms with Gasteiger partial charge in [-0.05, 0) is 13.0 Å². The molecule has 0 aliphatic carbocycles. The number of nitrogens with one attached hydrogen (secondary N) is 2. The first-order valence-corrected chi connectivity index (χ1v) is 4.34. The molecule has 2 N–H and O–H groups in total. The standard InChI is InChI=1S/C10H20N2/c1-6-7-12-9(4)10(11-5)8(2)3/h6,8,10-12H,1,4,7H2,2-3,5H3. The SMILES string of the molecule is C=CCNC(=C)C(NC)C(C)C. The van der Waals surface area contributed by atoms with Gasteiger partial charge in [0.15, 0.2) is 0 Å².